The quantitative estimate of drug-likeness (QED) is 0.638. The third-order valence-electron chi connectivity index (χ3n) is 2.94. The van der Waals surface area contributed by atoms with Crippen LogP contribution in [0.2, 0.25) is 5.02 Å². The van der Waals surface area contributed by atoms with E-state index in [9.17, 15) is 15.2 Å². The van der Waals surface area contributed by atoms with Gasteiger partial charge in [-0.3, -0.25) is 10.1 Å². The van der Waals surface area contributed by atoms with E-state index in [1.165, 1.54) is 18.2 Å². The number of ether oxygens (including phenoxy) is 1. The van der Waals surface area contributed by atoms with E-state index in [1.807, 2.05) is 13.8 Å². The molecule has 0 saturated heterocycles. The Morgan fingerprint density at radius 2 is 2.06 bits per heavy atom. The van der Waals surface area contributed by atoms with Crippen molar-refractivity contribution in [2.45, 2.75) is 32.3 Å². The van der Waals surface area contributed by atoms with Gasteiger partial charge in [-0.25, -0.2) is 0 Å². The summed E-state index contributed by atoms with van der Waals surface area (Å²) in [4.78, 5) is 10.0. The van der Waals surface area contributed by atoms with Crippen molar-refractivity contribution in [1.82, 2.24) is 0 Å². The van der Waals surface area contributed by atoms with Gasteiger partial charge in [-0.05, 0) is 18.9 Å². The van der Waals surface area contributed by atoms with Crippen LogP contribution < -0.4 is 4.74 Å². The molecule has 0 aliphatic heterocycles. The fourth-order valence-corrected chi connectivity index (χ4v) is 1.62. The molecule has 0 atom stereocenters. The first-order valence-corrected chi connectivity index (χ1v) is 6.09. The second kappa shape index (κ2) is 6.02. The largest absolute Gasteiger partial charge is 0.489 e. The second-order valence-corrected chi connectivity index (χ2v) is 4.50. The normalized spacial score (nSPS) is 11.3. The van der Waals surface area contributed by atoms with E-state index in [0.717, 1.165) is 0 Å². The molecule has 1 rings (SSSR count). The van der Waals surface area contributed by atoms with E-state index >= 15 is 0 Å². The Bertz CT molecular complexity index is 432. The molecule has 6 heteroatoms. The van der Waals surface area contributed by atoms with E-state index in [1.54, 1.807) is 0 Å². The molecule has 18 heavy (non-hydrogen) atoms. The summed E-state index contributed by atoms with van der Waals surface area (Å²) in [5.41, 5.74) is -0.987. The molecule has 0 spiro atoms. The molecule has 0 saturated carbocycles. The summed E-state index contributed by atoms with van der Waals surface area (Å²) in [6, 6.07) is 3.98. The van der Waals surface area contributed by atoms with Gasteiger partial charge in [0.15, 0.2) is 0 Å². The van der Waals surface area contributed by atoms with Gasteiger partial charge in [0.05, 0.1) is 15.5 Å². The number of hydrogen-bond donors (Lipinski definition) is 1. The molecule has 0 aliphatic rings. The van der Waals surface area contributed by atoms with Crippen LogP contribution in [0.5, 0.6) is 5.75 Å². The van der Waals surface area contributed by atoms with E-state index in [0.29, 0.717) is 18.6 Å². The van der Waals surface area contributed by atoms with Crippen LogP contribution in [0.4, 0.5) is 5.69 Å². The lowest BCUT2D eigenvalue weighted by atomic mass is 9.99. The fourth-order valence-electron chi connectivity index (χ4n) is 1.39. The molecule has 100 valence electrons. The second-order valence-electron chi connectivity index (χ2n) is 4.09. The minimum absolute atomic E-state index is 0.0893. The highest BCUT2D eigenvalue weighted by atomic mass is 35.5. The molecule has 0 aliphatic carbocycles. The summed E-state index contributed by atoms with van der Waals surface area (Å²) in [5, 5.41) is 20.8. The SMILES string of the molecule is CCC(O)(CC)COc1ccc([N+](=O)[O-])cc1Cl. The maximum absolute atomic E-state index is 10.5. The first-order chi connectivity index (χ1) is 8.41. The van der Waals surface area contributed by atoms with Crippen LogP contribution in [0.1, 0.15) is 26.7 Å². The van der Waals surface area contributed by atoms with Gasteiger partial charge >= 0.3 is 0 Å². The zero-order valence-corrected chi connectivity index (χ0v) is 11.1. The summed E-state index contributed by atoms with van der Waals surface area (Å²) in [5.74, 6) is 0.336. The molecule has 0 unspecified atom stereocenters. The summed E-state index contributed by atoms with van der Waals surface area (Å²) in [6.45, 7) is 3.84. The highest BCUT2D eigenvalue weighted by Gasteiger charge is 2.23. The number of non-ortho nitro benzene ring substituents is 1. The number of halogens is 1. The van der Waals surface area contributed by atoms with E-state index < -0.39 is 10.5 Å². The molecule has 1 aromatic rings. The predicted molar refractivity (Wildman–Crippen MR) is 69.1 cm³/mol. The average Bonchev–Trinajstić information content (AvgIpc) is 2.36. The van der Waals surface area contributed by atoms with Crippen LogP contribution >= 0.6 is 11.6 Å². The van der Waals surface area contributed by atoms with Crippen LogP contribution in [-0.2, 0) is 0 Å². The predicted octanol–water partition coefficient (Wildman–Crippen LogP) is 3.18. The molecular weight excluding hydrogens is 258 g/mol. The Kier molecular flexibility index (Phi) is 4.93. The zero-order valence-electron chi connectivity index (χ0n) is 10.4. The molecule has 0 radical (unpaired) electrons. The molecule has 0 heterocycles. The summed E-state index contributed by atoms with van der Waals surface area (Å²) in [6.07, 6.45) is 1.13. The minimum atomic E-state index is -0.898. The van der Waals surface area contributed by atoms with Crippen molar-refractivity contribution in [3.05, 3.63) is 33.3 Å². The highest BCUT2D eigenvalue weighted by Crippen LogP contribution is 2.29. The van der Waals surface area contributed by atoms with Crippen molar-refractivity contribution >= 4 is 17.3 Å². The lowest BCUT2D eigenvalue weighted by Crippen LogP contribution is -2.34. The number of benzene rings is 1. The topological polar surface area (TPSA) is 72.6 Å². The summed E-state index contributed by atoms with van der Waals surface area (Å²) in [7, 11) is 0. The maximum Gasteiger partial charge on any atom is 0.271 e. The number of nitro benzene ring substituents is 1. The van der Waals surface area contributed by atoms with Crippen molar-refractivity contribution < 1.29 is 14.8 Å². The number of rotatable bonds is 6. The molecule has 1 N–H and O–H groups in total. The van der Waals surface area contributed by atoms with Gasteiger partial charge in [-0.1, -0.05) is 25.4 Å². The lowest BCUT2D eigenvalue weighted by Gasteiger charge is -2.25. The third-order valence-corrected chi connectivity index (χ3v) is 3.23. The van der Waals surface area contributed by atoms with Gasteiger partial charge in [0.1, 0.15) is 12.4 Å². The highest BCUT2D eigenvalue weighted by molar-refractivity contribution is 6.32. The van der Waals surface area contributed by atoms with Gasteiger partial charge in [0.2, 0.25) is 0 Å². The van der Waals surface area contributed by atoms with Crippen LogP contribution in [0.25, 0.3) is 0 Å². The van der Waals surface area contributed by atoms with Gasteiger partial charge < -0.3 is 9.84 Å². The Hall–Kier alpha value is -1.33. The number of nitro groups is 1. The Balaban J connectivity index is 2.77. The Labute approximate surface area is 110 Å². The molecule has 0 bridgehead atoms. The molecule has 0 amide bonds. The monoisotopic (exact) mass is 273 g/mol. The first-order valence-electron chi connectivity index (χ1n) is 5.71. The molecule has 5 nitrogen and oxygen atoms in total. The first kappa shape index (κ1) is 14.7. The van der Waals surface area contributed by atoms with Crippen LogP contribution in [0, 0.1) is 10.1 Å². The van der Waals surface area contributed by atoms with Crippen molar-refractivity contribution in [2.24, 2.45) is 0 Å². The lowest BCUT2D eigenvalue weighted by molar-refractivity contribution is -0.384. The van der Waals surface area contributed by atoms with Crippen molar-refractivity contribution in [3.8, 4) is 5.75 Å². The molecule has 0 aromatic heterocycles. The Morgan fingerprint density at radius 3 is 2.50 bits per heavy atom. The third kappa shape index (κ3) is 3.58. The Morgan fingerprint density at radius 1 is 1.44 bits per heavy atom. The standard InChI is InChI=1S/C12H16ClNO4/c1-3-12(15,4-2)8-18-11-6-5-9(14(16)17)7-10(11)13/h5-7,15H,3-4,8H2,1-2H3. The van der Waals surface area contributed by atoms with Crippen molar-refractivity contribution in [1.29, 1.82) is 0 Å². The molecular formula is C12H16ClNO4. The number of aliphatic hydroxyl groups is 1. The number of hydrogen-bond acceptors (Lipinski definition) is 4. The van der Waals surface area contributed by atoms with Crippen molar-refractivity contribution in [3.63, 3.8) is 0 Å². The van der Waals surface area contributed by atoms with Gasteiger partial charge in [0, 0.05) is 12.1 Å². The molecule has 1 aromatic carbocycles. The summed E-state index contributed by atoms with van der Waals surface area (Å²) >= 11 is 5.88. The maximum atomic E-state index is 10.5. The van der Waals surface area contributed by atoms with Crippen LogP contribution in [-0.4, -0.2) is 22.2 Å². The minimum Gasteiger partial charge on any atom is -0.489 e. The number of nitrogens with zero attached hydrogens (tertiary/aromatic N) is 1. The van der Waals surface area contributed by atoms with E-state index in [4.69, 9.17) is 16.3 Å². The smallest absolute Gasteiger partial charge is 0.271 e. The van der Waals surface area contributed by atoms with Crippen molar-refractivity contribution in [2.75, 3.05) is 6.61 Å². The van der Waals surface area contributed by atoms with E-state index in [-0.39, 0.29) is 17.3 Å². The average molecular weight is 274 g/mol. The molecule has 0 fully saturated rings. The summed E-state index contributed by atoms with van der Waals surface area (Å²) < 4.78 is 5.41. The van der Waals surface area contributed by atoms with Gasteiger partial charge in [-0.2, -0.15) is 0 Å². The zero-order chi connectivity index (χ0) is 13.8. The fraction of sp³-hybridized carbons (Fsp3) is 0.500. The van der Waals surface area contributed by atoms with Gasteiger partial charge in [0.25, 0.3) is 5.69 Å². The van der Waals surface area contributed by atoms with Gasteiger partial charge in [-0.15, -0.1) is 0 Å². The van der Waals surface area contributed by atoms with E-state index in [2.05, 4.69) is 0 Å². The van der Waals surface area contributed by atoms with Crippen LogP contribution in [0.15, 0.2) is 18.2 Å². The van der Waals surface area contributed by atoms with Crippen LogP contribution in [0.3, 0.4) is 0 Å².